The lowest BCUT2D eigenvalue weighted by atomic mass is 10.2. The minimum atomic E-state index is 0.446. The number of fused-ring (bicyclic) bond motifs is 1. The van der Waals surface area contributed by atoms with Crippen LogP contribution in [0.3, 0.4) is 0 Å². The number of hydrogen-bond acceptors (Lipinski definition) is 3. The molecule has 0 fully saturated rings. The molecule has 0 aliphatic carbocycles. The monoisotopic (exact) mass is 265 g/mol. The Morgan fingerprint density at radius 3 is 2.76 bits per heavy atom. The molecule has 0 radical (unpaired) electrons. The van der Waals surface area contributed by atoms with Gasteiger partial charge in [0.2, 0.25) is 0 Å². The normalized spacial score (nSPS) is 15.0. The molecule has 2 rings (SSSR count). The van der Waals surface area contributed by atoms with Gasteiger partial charge in [0.15, 0.2) is 0 Å². The fourth-order valence-corrected chi connectivity index (χ4v) is 3.10. The van der Waals surface area contributed by atoms with Crippen LogP contribution in [0.4, 0.5) is 0 Å². The summed E-state index contributed by atoms with van der Waals surface area (Å²) < 4.78 is 1.38. The maximum atomic E-state index is 3.60. The van der Waals surface area contributed by atoms with E-state index in [2.05, 4.69) is 55.8 Å². The fraction of sp³-hybridized carbons (Fsp3) is 0.429. The fourth-order valence-electron chi connectivity index (χ4n) is 1.74. The quantitative estimate of drug-likeness (QED) is 0.865. The highest BCUT2D eigenvalue weighted by molar-refractivity contribution is 7.99. The third-order valence-corrected chi connectivity index (χ3v) is 5.26. The number of hydrogen-bond donors (Lipinski definition) is 1. The Labute approximate surface area is 112 Å². The SMILES string of the molecule is CSC(C)CNC(C)c1cc2ccccc2s1. The van der Waals surface area contributed by atoms with Crippen molar-refractivity contribution < 1.29 is 0 Å². The van der Waals surface area contributed by atoms with Crippen LogP contribution in [-0.4, -0.2) is 18.1 Å². The standard InChI is InChI=1S/C14H19NS2/c1-10(16-3)9-15-11(2)14-8-12-6-4-5-7-13(12)17-14/h4-8,10-11,15H,9H2,1-3H3. The summed E-state index contributed by atoms with van der Waals surface area (Å²) in [5.41, 5.74) is 0. The van der Waals surface area contributed by atoms with E-state index in [1.165, 1.54) is 15.0 Å². The molecule has 0 saturated carbocycles. The van der Waals surface area contributed by atoms with Gasteiger partial charge < -0.3 is 5.32 Å². The van der Waals surface area contributed by atoms with Crippen molar-refractivity contribution in [2.24, 2.45) is 0 Å². The zero-order valence-electron chi connectivity index (χ0n) is 10.6. The van der Waals surface area contributed by atoms with E-state index in [1.807, 2.05) is 23.1 Å². The van der Waals surface area contributed by atoms with E-state index in [4.69, 9.17) is 0 Å². The predicted octanol–water partition coefficient (Wildman–Crippen LogP) is 4.30. The van der Waals surface area contributed by atoms with Crippen LogP contribution in [0.15, 0.2) is 30.3 Å². The molecule has 92 valence electrons. The van der Waals surface area contributed by atoms with E-state index in [1.54, 1.807) is 0 Å². The van der Waals surface area contributed by atoms with Gasteiger partial charge in [-0.3, -0.25) is 0 Å². The van der Waals surface area contributed by atoms with Crippen molar-refractivity contribution in [3.8, 4) is 0 Å². The number of nitrogens with one attached hydrogen (secondary N) is 1. The maximum absolute atomic E-state index is 3.60. The lowest BCUT2D eigenvalue weighted by Gasteiger charge is -2.15. The van der Waals surface area contributed by atoms with Gasteiger partial charge in [0.05, 0.1) is 0 Å². The molecule has 0 aliphatic heterocycles. The highest BCUT2D eigenvalue weighted by Gasteiger charge is 2.10. The Morgan fingerprint density at radius 2 is 2.06 bits per heavy atom. The summed E-state index contributed by atoms with van der Waals surface area (Å²) in [5, 5.41) is 5.63. The zero-order chi connectivity index (χ0) is 12.3. The molecule has 2 aromatic rings. The maximum Gasteiger partial charge on any atom is 0.0386 e. The highest BCUT2D eigenvalue weighted by Crippen LogP contribution is 2.29. The lowest BCUT2D eigenvalue weighted by molar-refractivity contribution is 0.584. The van der Waals surface area contributed by atoms with Crippen LogP contribution in [0.25, 0.3) is 10.1 Å². The van der Waals surface area contributed by atoms with E-state index in [0.717, 1.165) is 6.54 Å². The molecular weight excluding hydrogens is 246 g/mol. The van der Waals surface area contributed by atoms with Crippen LogP contribution in [0.1, 0.15) is 24.8 Å². The van der Waals surface area contributed by atoms with Gasteiger partial charge in [0, 0.05) is 27.4 Å². The topological polar surface area (TPSA) is 12.0 Å². The number of thiophene rings is 1. The number of benzene rings is 1. The molecule has 17 heavy (non-hydrogen) atoms. The second kappa shape index (κ2) is 5.89. The minimum absolute atomic E-state index is 0.446. The molecule has 0 amide bonds. The molecule has 0 bridgehead atoms. The summed E-state index contributed by atoms with van der Waals surface area (Å²) >= 11 is 3.80. The molecule has 3 heteroatoms. The number of rotatable bonds is 5. The first-order valence-corrected chi connectivity index (χ1v) is 8.06. The Kier molecular flexibility index (Phi) is 4.48. The molecule has 2 unspecified atom stereocenters. The van der Waals surface area contributed by atoms with E-state index < -0.39 is 0 Å². The first-order valence-electron chi connectivity index (χ1n) is 5.95. The average molecular weight is 265 g/mol. The first kappa shape index (κ1) is 12.9. The van der Waals surface area contributed by atoms with Gasteiger partial charge in [0.1, 0.15) is 0 Å². The van der Waals surface area contributed by atoms with Crippen LogP contribution in [-0.2, 0) is 0 Å². The number of thioether (sulfide) groups is 1. The summed E-state index contributed by atoms with van der Waals surface area (Å²) in [6.45, 7) is 5.57. The van der Waals surface area contributed by atoms with E-state index >= 15 is 0 Å². The Bertz CT molecular complexity index is 445. The molecular formula is C14H19NS2. The van der Waals surface area contributed by atoms with Crippen molar-refractivity contribution in [3.63, 3.8) is 0 Å². The zero-order valence-corrected chi connectivity index (χ0v) is 12.2. The second-order valence-electron chi connectivity index (χ2n) is 4.36. The van der Waals surface area contributed by atoms with Crippen LogP contribution >= 0.6 is 23.1 Å². The van der Waals surface area contributed by atoms with Gasteiger partial charge in [-0.05, 0) is 30.7 Å². The van der Waals surface area contributed by atoms with Crippen molar-refractivity contribution in [1.29, 1.82) is 0 Å². The predicted molar refractivity (Wildman–Crippen MR) is 81.2 cm³/mol. The largest absolute Gasteiger partial charge is 0.308 e. The molecule has 1 aromatic heterocycles. The summed E-state index contributed by atoms with van der Waals surface area (Å²) in [7, 11) is 0. The van der Waals surface area contributed by atoms with Crippen molar-refractivity contribution >= 4 is 33.2 Å². The highest BCUT2D eigenvalue weighted by atomic mass is 32.2. The van der Waals surface area contributed by atoms with Gasteiger partial charge >= 0.3 is 0 Å². The molecule has 0 aliphatic rings. The van der Waals surface area contributed by atoms with Crippen LogP contribution in [0.5, 0.6) is 0 Å². The Balaban J connectivity index is 2.06. The van der Waals surface area contributed by atoms with Gasteiger partial charge in [-0.1, -0.05) is 25.1 Å². The molecule has 1 N–H and O–H groups in total. The Hall–Kier alpha value is -0.510. The van der Waals surface area contributed by atoms with Crippen LogP contribution in [0, 0.1) is 0 Å². The van der Waals surface area contributed by atoms with Crippen molar-refractivity contribution in [3.05, 3.63) is 35.2 Å². The third kappa shape index (κ3) is 3.24. The third-order valence-electron chi connectivity index (χ3n) is 2.99. The summed E-state index contributed by atoms with van der Waals surface area (Å²) in [4.78, 5) is 1.43. The van der Waals surface area contributed by atoms with Gasteiger partial charge in [-0.15, -0.1) is 11.3 Å². The molecule has 0 spiro atoms. The van der Waals surface area contributed by atoms with Gasteiger partial charge in [-0.25, -0.2) is 0 Å². The van der Waals surface area contributed by atoms with Crippen molar-refractivity contribution in [2.45, 2.75) is 25.1 Å². The summed E-state index contributed by atoms with van der Waals surface area (Å²) in [5.74, 6) is 0. The lowest BCUT2D eigenvalue weighted by Crippen LogP contribution is -2.25. The molecule has 1 heterocycles. The van der Waals surface area contributed by atoms with E-state index in [0.29, 0.717) is 11.3 Å². The second-order valence-corrected chi connectivity index (χ2v) is 6.75. The minimum Gasteiger partial charge on any atom is -0.308 e. The van der Waals surface area contributed by atoms with E-state index in [9.17, 15) is 0 Å². The van der Waals surface area contributed by atoms with Crippen LogP contribution in [0.2, 0.25) is 0 Å². The smallest absolute Gasteiger partial charge is 0.0386 e. The average Bonchev–Trinajstić information content (AvgIpc) is 2.79. The summed E-state index contributed by atoms with van der Waals surface area (Å²) in [6.07, 6.45) is 2.16. The Morgan fingerprint density at radius 1 is 1.29 bits per heavy atom. The van der Waals surface area contributed by atoms with Crippen molar-refractivity contribution in [2.75, 3.05) is 12.8 Å². The first-order chi connectivity index (χ1) is 8.20. The summed E-state index contributed by atoms with van der Waals surface area (Å²) in [6, 6.07) is 11.3. The van der Waals surface area contributed by atoms with Gasteiger partial charge in [0.25, 0.3) is 0 Å². The van der Waals surface area contributed by atoms with Crippen LogP contribution < -0.4 is 5.32 Å². The molecule has 0 saturated heterocycles. The van der Waals surface area contributed by atoms with Crippen molar-refractivity contribution in [1.82, 2.24) is 5.32 Å². The molecule has 1 nitrogen and oxygen atoms in total. The van der Waals surface area contributed by atoms with E-state index in [-0.39, 0.29) is 0 Å². The van der Waals surface area contributed by atoms with Gasteiger partial charge in [-0.2, -0.15) is 11.8 Å². The molecule has 1 aromatic carbocycles. The molecule has 2 atom stereocenters.